The minimum Gasteiger partial charge on any atom is -0.368 e. The van der Waals surface area contributed by atoms with Gasteiger partial charge in [-0.3, -0.25) is 4.79 Å². The molecule has 1 amide bonds. The molecule has 4 N–H and O–H groups in total. The zero-order valence-corrected chi connectivity index (χ0v) is 16.3. The molecule has 0 saturated carbocycles. The number of para-hydroxylation sites is 1. The normalized spacial score (nSPS) is 10.8. The number of aryl methyl sites for hydroxylation is 1. The quantitative estimate of drug-likeness (QED) is 0.619. The number of amides is 1. The summed E-state index contributed by atoms with van der Waals surface area (Å²) >= 11 is 1.45. The highest BCUT2D eigenvalue weighted by molar-refractivity contribution is 7.99. The predicted octanol–water partition coefficient (Wildman–Crippen LogP) is 2.90. The Morgan fingerprint density at radius 3 is 2.73 bits per heavy atom. The number of nitrogens with two attached hydrogens (primary N) is 1. The van der Waals surface area contributed by atoms with Crippen LogP contribution >= 0.6 is 11.8 Å². The molecule has 2 rings (SSSR count). The van der Waals surface area contributed by atoms with Gasteiger partial charge in [0.25, 0.3) is 0 Å². The van der Waals surface area contributed by atoms with E-state index in [4.69, 9.17) is 5.73 Å². The highest BCUT2D eigenvalue weighted by Gasteiger charge is 2.08. The van der Waals surface area contributed by atoms with Crippen LogP contribution in [0.15, 0.2) is 24.3 Å². The van der Waals surface area contributed by atoms with Gasteiger partial charge in [0.1, 0.15) is 5.82 Å². The smallest absolute Gasteiger partial charge is 0.232 e. The van der Waals surface area contributed by atoms with E-state index in [1.165, 1.54) is 11.8 Å². The maximum Gasteiger partial charge on any atom is 0.232 e. The Labute approximate surface area is 158 Å². The number of nitrogen functional groups attached to an aromatic ring is 1. The van der Waals surface area contributed by atoms with E-state index < -0.39 is 0 Å². The maximum absolute atomic E-state index is 11.8. The van der Waals surface area contributed by atoms with E-state index in [2.05, 4.69) is 39.4 Å². The molecule has 0 aliphatic heterocycles. The van der Waals surface area contributed by atoms with Gasteiger partial charge in [0.05, 0.1) is 11.5 Å². The fraction of sp³-hybridized carbons (Fsp3) is 0.444. The summed E-state index contributed by atoms with van der Waals surface area (Å²) in [6, 6.07) is 7.86. The number of benzene rings is 1. The van der Waals surface area contributed by atoms with Crippen molar-refractivity contribution >= 4 is 35.3 Å². The number of aromatic nitrogens is 3. The average molecular weight is 375 g/mol. The molecule has 140 valence electrons. The van der Waals surface area contributed by atoms with Crippen molar-refractivity contribution in [1.29, 1.82) is 0 Å². The van der Waals surface area contributed by atoms with Crippen molar-refractivity contribution in [3.8, 4) is 0 Å². The lowest BCUT2D eigenvalue weighted by atomic mass is 10.1. The molecule has 1 aromatic carbocycles. The summed E-state index contributed by atoms with van der Waals surface area (Å²) in [5.74, 6) is 2.58. The summed E-state index contributed by atoms with van der Waals surface area (Å²) in [7, 11) is 0. The molecule has 0 aliphatic carbocycles. The summed E-state index contributed by atoms with van der Waals surface area (Å²) < 4.78 is 0. The lowest BCUT2D eigenvalue weighted by molar-refractivity contribution is -0.118. The fourth-order valence-electron chi connectivity index (χ4n) is 2.18. The van der Waals surface area contributed by atoms with Gasteiger partial charge in [0, 0.05) is 12.2 Å². The van der Waals surface area contributed by atoms with Gasteiger partial charge in [-0.25, -0.2) is 0 Å². The van der Waals surface area contributed by atoms with Crippen LogP contribution < -0.4 is 16.4 Å². The maximum atomic E-state index is 11.8. The van der Waals surface area contributed by atoms with Crippen molar-refractivity contribution < 1.29 is 4.79 Å². The van der Waals surface area contributed by atoms with E-state index in [9.17, 15) is 4.79 Å². The third-order valence-corrected chi connectivity index (χ3v) is 4.53. The Morgan fingerprint density at radius 1 is 1.23 bits per heavy atom. The third-order valence-electron chi connectivity index (χ3n) is 3.60. The van der Waals surface area contributed by atoms with E-state index in [1.807, 2.05) is 31.2 Å². The zero-order valence-electron chi connectivity index (χ0n) is 15.5. The number of nitrogens with zero attached hydrogens (tertiary/aromatic N) is 3. The molecular weight excluding hydrogens is 348 g/mol. The van der Waals surface area contributed by atoms with Crippen LogP contribution in [0.25, 0.3) is 0 Å². The summed E-state index contributed by atoms with van der Waals surface area (Å²) in [4.78, 5) is 24.5. The van der Waals surface area contributed by atoms with Crippen LogP contribution in [0.2, 0.25) is 0 Å². The van der Waals surface area contributed by atoms with Crippen LogP contribution in [0.5, 0.6) is 0 Å². The zero-order chi connectivity index (χ0) is 18.9. The topological polar surface area (TPSA) is 106 Å². The second-order valence-corrected chi connectivity index (χ2v) is 7.38. The fourth-order valence-corrected chi connectivity index (χ4v) is 2.88. The molecule has 0 atom stereocenters. The van der Waals surface area contributed by atoms with Gasteiger partial charge < -0.3 is 16.4 Å². The highest BCUT2D eigenvalue weighted by Crippen LogP contribution is 2.18. The first-order valence-corrected chi connectivity index (χ1v) is 9.77. The van der Waals surface area contributed by atoms with Gasteiger partial charge >= 0.3 is 0 Å². The Balaban J connectivity index is 1.87. The number of anilines is 3. The van der Waals surface area contributed by atoms with Crippen LogP contribution in [0, 0.1) is 12.8 Å². The molecule has 0 saturated heterocycles. The van der Waals surface area contributed by atoms with Crippen molar-refractivity contribution in [2.24, 2.45) is 5.92 Å². The van der Waals surface area contributed by atoms with Gasteiger partial charge in [-0.2, -0.15) is 15.0 Å². The Hall–Kier alpha value is -2.35. The predicted molar refractivity (Wildman–Crippen MR) is 107 cm³/mol. The van der Waals surface area contributed by atoms with E-state index in [0.29, 0.717) is 35.7 Å². The average Bonchev–Trinajstić information content (AvgIpc) is 2.56. The van der Waals surface area contributed by atoms with E-state index >= 15 is 0 Å². The number of carbonyl (C=O) groups is 1. The second kappa shape index (κ2) is 9.96. The molecular formula is C18H26N6OS. The number of hydrogen-bond acceptors (Lipinski definition) is 7. The number of thioether (sulfide) groups is 1. The molecule has 0 unspecified atom stereocenters. The van der Waals surface area contributed by atoms with Crippen LogP contribution in [0.3, 0.4) is 0 Å². The molecule has 0 radical (unpaired) electrons. The standard InChI is InChI=1S/C18H26N6OS/c1-12(2)8-9-20-16(25)11-26-10-15-22-17(19)24-18(23-15)21-14-7-5-4-6-13(14)3/h4-7,12H,8-11H2,1-3H3,(H,20,25)(H3,19,21,22,23,24). The molecule has 7 nitrogen and oxygen atoms in total. The van der Waals surface area contributed by atoms with E-state index in [1.54, 1.807) is 0 Å². The van der Waals surface area contributed by atoms with Crippen molar-refractivity contribution in [3.63, 3.8) is 0 Å². The minimum absolute atomic E-state index is 0.0240. The Kier molecular flexibility index (Phi) is 7.65. The van der Waals surface area contributed by atoms with Gasteiger partial charge in [0.15, 0.2) is 0 Å². The first kappa shape index (κ1) is 20.0. The largest absolute Gasteiger partial charge is 0.368 e. The van der Waals surface area contributed by atoms with Crippen LogP contribution in [-0.4, -0.2) is 33.2 Å². The van der Waals surface area contributed by atoms with Crippen molar-refractivity contribution in [1.82, 2.24) is 20.3 Å². The van der Waals surface area contributed by atoms with E-state index in [0.717, 1.165) is 17.7 Å². The summed E-state index contributed by atoms with van der Waals surface area (Å²) in [6.45, 7) is 6.98. The molecule has 0 spiro atoms. The lowest BCUT2D eigenvalue weighted by Gasteiger charge is -2.09. The second-order valence-electron chi connectivity index (χ2n) is 6.40. The Morgan fingerprint density at radius 2 is 2.00 bits per heavy atom. The number of rotatable bonds is 9. The van der Waals surface area contributed by atoms with Gasteiger partial charge in [-0.05, 0) is 30.9 Å². The molecule has 1 heterocycles. The number of carbonyl (C=O) groups excluding carboxylic acids is 1. The summed E-state index contributed by atoms with van der Waals surface area (Å²) in [5.41, 5.74) is 7.79. The molecule has 8 heteroatoms. The molecule has 0 fully saturated rings. The van der Waals surface area contributed by atoms with Crippen LogP contribution in [-0.2, 0) is 10.5 Å². The van der Waals surface area contributed by atoms with Crippen molar-refractivity contribution in [2.45, 2.75) is 32.9 Å². The van der Waals surface area contributed by atoms with Crippen LogP contribution in [0.1, 0.15) is 31.7 Å². The first-order chi connectivity index (χ1) is 12.4. The van der Waals surface area contributed by atoms with Crippen molar-refractivity contribution in [2.75, 3.05) is 23.3 Å². The summed E-state index contributed by atoms with van der Waals surface area (Å²) in [6.07, 6.45) is 0.980. The third kappa shape index (κ3) is 6.87. The Bertz CT molecular complexity index is 737. The molecule has 0 aliphatic rings. The molecule has 0 bridgehead atoms. The summed E-state index contributed by atoms with van der Waals surface area (Å²) in [5, 5.41) is 6.07. The first-order valence-electron chi connectivity index (χ1n) is 8.61. The van der Waals surface area contributed by atoms with Gasteiger partial charge in [-0.1, -0.05) is 32.0 Å². The van der Waals surface area contributed by atoms with Gasteiger partial charge in [0.2, 0.25) is 17.8 Å². The molecule has 2 aromatic rings. The van der Waals surface area contributed by atoms with Crippen molar-refractivity contribution in [3.05, 3.63) is 35.7 Å². The minimum atomic E-state index is 0.0240. The number of nitrogens with one attached hydrogen (secondary N) is 2. The molecule has 1 aromatic heterocycles. The monoisotopic (exact) mass is 374 g/mol. The van der Waals surface area contributed by atoms with E-state index in [-0.39, 0.29) is 11.9 Å². The highest BCUT2D eigenvalue weighted by atomic mass is 32.2. The number of hydrogen-bond donors (Lipinski definition) is 3. The lowest BCUT2D eigenvalue weighted by Crippen LogP contribution is -2.27. The van der Waals surface area contributed by atoms with Crippen LogP contribution in [0.4, 0.5) is 17.6 Å². The SMILES string of the molecule is Cc1ccccc1Nc1nc(N)nc(CSCC(=O)NCCC(C)C)n1. The van der Waals surface area contributed by atoms with Gasteiger partial charge in [-0.15, -0.1) is 11.8 Å². The molecule has 26 heavy (non-hydrogen) atoms.